The summed E-state index contributed by atoms with van der Waals surface area (Å²) < 4.78 is 0. The molecule has 1 atom stereocenters. The largest absolute Gasteiger partial charge is 0.302 e. The van der Waals surface area contributed by atoms with E-state index in [1.807, 2.05) is 39.0 Å². The van der Waals surface area contributed by atoms with Gasteiger partial charge in [-0.15, -0.1) is 0 Å². The Bertz CT molecular complexity index is 565. The van der Waals surface area contributed by atoms with E-state index in [2.05, 4.69) is 15.3 Å². The molecule has 0 spiro atoms. The summed E-state index contributed by atoms with van der Waals surface area (Å²) in [4.78, 5) is 21.5. The molecule has 1 unspecified atom stereocenters. The summed E-state index contributed by atoms with van der Waals surface area (Å²) in [6, 6.07) is 5.77. The van der Waals surface area contributed by atoms with E-state index < -0.39 is 0 Å². The maximum Gasteiger partial charge on any atom is 0.228 e. The number of rotatable bonds is 4. The van der Waals surface area contributed by atoms with E-state index in [4.69, 9.17) is 0 Å². The van der Waals surface area contributed by atoms with Gasteiger partial charge in [0.25, 0.3) is 0 Å². The van der Waals surface area contributed by atoms with Gasteiger partial charge in [-0.2, -0.15) is 0 Å². The highest BCUT2D eigenvalue weighted by molar-refractivity contribution is 7.19. The maximum atomic E-state index is 11.8. The molecule has 0 aliphatic carbocycles. The second kappa shape index (κ2) is 5.93. The molecule has 1 N–H and O–H groups in total. The number of pyridine rings is 1. The van der Waals surface area contributed by atoms with Crippen molar-refractivity contribution in [1.29, 1.82) is 0 Å². The number of hydrogen-bond acceptors (Lipinski definition) is 4. The summed E-state index contributed by atoms with van der Waals surface area (Å²) in [6.45, 7) is 5.84. The molecule has 0 fully saturated rings. The number of carbonyl (C=O) groups excluding carboxylic acids is 1. The Labute approximate surface area is 116 Å². The predicted octanol–water partition coefficient (Wildman–Crippen LogP) is 3.50. The van der Waals surface area contributed by atoms with Crippen molar-refractivity contribution < 1.29 is 4.79 Å². The van der Waals surface area contributed by atoms with Gasteiger partial charge in [-0.1, -0.05) is 31.3 Å². The van der Waals surface area contributed by atoms with Gasteiger partial charge < -0.3 is 5.32 Å². The van der Waals surface area contributed by atoms with Crippen LogP contribution in [0.2, 0.25) is 0 Å². The Kier molecular flexibility index (Phi) is 4.27. The molecule has 0 saturated heterocycles. The number of carbonyl (C=O) groups is 1. The Morgan fingerprint density at radius 1 is 1.47 bits per heavy atom. The molecule has 0 radical (unpaired) electrons. The maximum absolute atomic E-state index is 11.8. The van der Waals surface area contributed by atoms with Gasteiger partial charge in [-0.3, -0.25) is 9.78 Å². The molecule has 0 aromatic carbocycles. The highest BCUT2D eigenvalue weighted by Gasteiger charge is 2.15. The molecule has 4 nitrogen and oxygen atoms in total. The quantitative estimate of drug-likeness (QED) is 0.929. The van der Waals surface area contributed by atoms with Crippen molar-refractivity contribution in [2.24, 2.45) is 5.92 Å². The van der Waals surface area contributed by atoms with E-state index in [0.29, 0.717) is 5.13 Å². The third kappa shape index (κ3) is 3.17. The van der Waals surface area contributed by atoms with Crippen molar-refractivity contribution in [2.75, 3.05) is 5.32 Å². The molecule has 0 aliphatic rings. The van der Waals surface area contributed by atoms with E-state index in [1.54, 1.807) is 6.20 Å². The summed E-state index contributed by atoms with van der Waals surface area (Å²) in [5.41, 5.74) is 1.78. The van der Waals surface area contributed by atoms with Crippen LogP contribution in [0.25, 0.3) is 10.6 Å². The summed E-state index contributed by atoms with van der Waals surface area (Å²) in [5.74, 6) is 0.0197. The zero-order chi connectivity index (χ0) is 13.8. The van der Waals surface area contributed by atoms with Gasteiger partial charge in [0.2, 0.25) is 5.91 Å². The van der Waals surface area contributed by atoms with Gasteiger partial charge in [-0.25, -0.2) is 4.98 Å². The van der Waals surface area contributed by atoms with Crippen LogP contribution >= 0.6 is 11.3 Å². The van der Waals surface area contributed by atoms with E-state index in [-0.39, 0.29) is 11.8 Å². The molecule has 0 bridgehead atoms. The first-order valence-corrected chi connectivity index (χ1v) is 7.13. The average molecular weight is 275 g/mol. The van der Waals surface area contributed by atoms with Crippen molar-refractivity contribution in [3.05, 3.63) is 30.1 Å². The van der Waals surface area contributed by atoms with Crippen LogP contribution in [0.15, 0.2) is 24.4 Å². The molecular weight excluding hydrogens is 258 g/mol. The SMILES string of the molecule is CCC(C)C(=O)Nc1nc(C)c(-c2ccccn2)s1. The number of hydrogen-bond donors (Lipinski definition) is 1. The number of nitrogens with one attached hydrogen (secondary N) is 1. The molecule has 2 rings (SSSR count). The molecule has 19 heavy (non-hydrogen) atoms. The van der Waals surface area contributed by atoms with Crippen LogP contribution < -0.4 is 5.32 Å². The van der Waals surface area contributed by atoms with E-state index >= 15 is 0 Å². The fraction of sp³-hybridized carbons (Fsp3) is 0.357. The lowest BCUT2D eigenvalue weighted by atomic mass is 10.1. The highest BCUT2D eigenvalue weighted by Crippen LogP contribution is 2.31. The number of thiazole rings is 1. The zero-order valence-corrected chi connectivity index (χ0v) is 12.1. The minimum Gasteiger partial charge on any atom is -0.302 e. The van der Waals surface area contributed by atoms with Crippen LogP contribution in [0.3, 0.4) is 0 Å². The molecule has 2 aromatic heterocycles. The van der Waals surface area contributed by atoms with E-state index in [1.165, 1.54) is 11.3 Å². The smallest absolute Gasteiger partial charge is 0.228 e. The van der Waals surface area contributed by atoms with Crippen molar-refractivity contribution in [3.63, 3.8) is 0 Å². The first-order chi connectivity index (χ1) is 9.11. The lowest BCUT2D eigenvalue weighted by Crippen LogP contribution is -2.19. The van der Waals surface area contributed by atoms with Crippen LogP contribution in [0.5, 0.6) is 0 Å². The fourth-order valence-electron chi connectivity index (χ4n) is 1.60. The van der Waals surface area contributed by atoms with Crippen LogP contribution in [0, 0.1) is 12.8 Å². The monoisotopic (exact) mass is 275 g/mol. The second-order valence-electron chi connectivity index (χ2n) is 4.45. The molecule has 0 aliphatic heterocycles. The Morgan fingerprint density at radius 3 is 2.89 bits per heavy atom. The number of aromatic nitrogens is 2. The molecule has 2 aromatic rings. The Hall–Kier alpha value is -1.75. The van der Waals surface area contributed by atoms with Gasteiger partial charge in [0.15, 0.2) is 5.13 Å². The minimum atomic E-state index is 0.00232. The summed E-state index contributed by atoms with van der Waals surface area (Å²) >= 11 is 1.46. The lowest BCUT2D eigenvalue weighted by Gasteiger charge is -2.06. The van der Waals surface area contributed by atoms with Gasteiger partial charge >= 0.3 is 0 Å². The summed E-state index contributed by atoms with van der Waals surface area (Å²) in [6.07, 6.45) is 2.58. The second-order valence-corrected chi connectivity index (χ2v) is 5.45. The topological polar surface area (TPSA) is 54.9 Å². The van der Waals surface area contributed by atoms with E-state index in [9.17, 15) is 4.79 Å². The Morgan fingerprint density at radius 2 is 2.26 bits per heavy atom. The third-order valence-corrected chi connectivity index (χ3v) is 4.08. The zero-order valence-electron chi connectivity index (χ0n) is 11.3. The summed E-state index contributed by atoms with van der Waals surface area (Å²) in [7, 11) is 0. The first-order valence-electron chi connectivity index (χ1n) is 6.31. The van der Waals surface area contributed by atoms with Crippen LogP contribution in [-0.4, -0.2) is 15.9 Å². The lowest BCUT2D eigenvalue weighted by molar-refractivity contribution is -0.119. The molecule has 100 valence electrons. The first kappa shape index (κ1) is 13.7. The minimum absolute atomic E-state index is 0.00232. The molecule has 1 amide bonds. The summed E-state index contributed by atoms with van der Waals surface area (Å²) in [5, 5.41) is 3.51. The van der Waals surface area contributed by atoms with E-state index in [0.717, 1.165) is 22.7 Å². The van der Waals surface area contributed by atoms with Gasteiger partial charge in [0, 0.05) is 12.1 Å². The van der Waals surface area contributed by atoms with Gasteiger partial charge in [-0.05, 0) is 25.5 Å². The molecule has 2 heterocycles. The predicted molar refractivity (Wildman–Crippen MR) is 78.2 cm³/mol. The standard InChI is InChI=1S/C14H17N3OS/c1-4-9(2)13(18)17-14-16-10(3)12(19-14)11-7-5-6-8-15-11/h5-9H,4H2,1-3H3,(H,16,17,18). The van der Waals surface area contributed by atoms with Gasteiger partial charge in [0.05, 0.1) is 16.3 Å². The van der Waals surface area contributed by atoms with Crippen molar-refractivity contribution in [3.8, 4) is 10.6 Å². The highest BCUT2D eigenvalue weighted by atomic mass is 32.1. The van der Waals surface area contributed by atoms with Crippen molar-refractivity contribution >= 4 is 22.4 Å². The number of nitrogens with zero attached hydrogens (tertiary/aromatic N) is 2. The number of amides is 1. The number of anilines is 1. The Balaban J connectivity index is 2.20. The third-order valence-electron chi connectivity index (χ3n) is 2.98. The molecule has 5 heteroatoms. The van der Waals surface area contributed by atoms with Crippen LogP contribution in [0.4, 0.5) is 5.13 Å². The molecular formula is C14H17N3OS. The number of aryl methyl sites for hydroxylation is 1. The average Bonchev–Trinajstić information content (AvgIpc) is 2.79. The van der Waals surface area contributed by atoms with Crippen molar-refractivity contribution in [1.82, 2.24) is 9.97 Å². The van der Waals surface area contributed by atoms with Crippen LogP contribution in [-0.2, 0) is 4.79 Å². The fourth-order valence-corrected chi connectivity index (χ4v) is 2.54. The van der Waals surface area contributed by atoms with Crippen molar-refractivity contribution in [2.45, 2.75) is 27.2 Å². The molecule has 0 saturated carbocycles. The van der Waals surface area contributed by atoms with Crippen LogP contribution in [0.1, 0.15) is 26.0 Å². The van der Waals surface area contributed by atoms with Gasteiger partial charge in [0.1, 0.15) is 0 Å². The normalized spacial score (nSPS) is 12.2.